The molecular weight excluding hydrogens is 228 g/mol. The number of nitrogens with zero attached hydrogens (tertiary/aromatic N) is 3. The second-order valence-electron chi connectivity index (χ2n) is 4.75. The van der Waals surface area contributed by atoms with E-state index in [1.54, 1.807) is 11.6 Å². The summed E-state index contributed by atoms with van der Waals surface area (Å²) in [5.74, 6) is 1.26. The minimum Gasteiger partial charge on any atom is -0.243 e. The third-order valence-electron chi connectivity index (χ3n) is 1.91. The summed E-state index contributed by atoms with van der Waals surface area (Å²) in [4.78, 5) is 4.21. The van der Waals surface area contributed by atoms with Gasteiger partial charge in [0.2, 0.25) is 10.0 Å². The van der Waals surface area contributed by atoms with Gasteiger partial charge in [-0.2, -0.15) is 5.10 Å². The zero-order valence-corrected chi connectivity index (χ0v) is 11.1. The van der Waals surface area contributed by atoms with Crippen LogP contribution in [-0.2, 0) is 22.1 Å². The van der Waals surface area contributed by atoms with Gasteiger partial charge in [-0.1, -0.05) is 0 Å². The molecule has 16 heavy (non-hydrogen) atoms. The Morgan fingerprint density at radius 2 is 1.94 bits per heavy atom. The first kappa shape index (κ1) is 13.1. The number of nitrogens with one attached hydrogen (secondary N) is 1. The van der Waals surface area contributed by atoms with E-state index in [0.29, 0.717) is 11.6 Å². The topological polar surface area (TPSA) is 76.9 Å². The maximum absolute atomic E-state index is 11.0. The number of hydrogen-bond donors (Lipinski definition) is 1. The van der Waals surface area contributed by atoms with Crippen molar-refractivity contribution in [3.63, 3.8) is 0 Å². The summed E-state index contributed by atoms with van der Waals surface area (Å²) in [7, 11) is -3.21. The summed E-state index contributed by atoms with van der Waals surface area (Å²) in [6.45, 7) is 7.92. The highest BCUT2D eigenvalue weighted by Crippen LogP contribution is 2.14. The summed E-state index contributed by atoms with van der Waals surface area (Å²) < 4.78 is 26.2. The molecule has 6 nitrogen and oxygen atoms in total. The van der Waals surface area contributed by atoms with Gasteiger partial charge in [-0.25, -0.2) is 22.8 Å². The lowest BCUT2D eigenvalue weighted by molar-refractivity contribution is 0.339. The molecule has 92 valence electrons. The Morgan fingerprint density at radius 1 is 1.38 bits per heavy atom. The number of sulfonamides is 1. The van der Waals surface area contributed by atoms with Gasteiger partial charge in [-0.05, 0) is 27.7 Å². The fourth-order valence-electron chi connectivity index (χ4n) is 1.31. The van der Waals surface area contributed by atoms with Crippen molar-refractivity contribution in [3.8, 4) is 0 Å². The van der Waals surface area contributed by atoms with E-state index in [0.717, 1.165) is 6.26 Å². The average molecular weight is 246 g/mol. The van der Waals surface area contributed by atoms with Crippen LogP contribution in [0.4, 0.5) is 0 Å². The summed E-state index contributed by atoms with van der Waals surface area (Å²) in [5, 5.41) is 4.25. The molecule has 7 heteroatoms. The molecule has 0 atom stereocenters. The zero-order chi connectivity index (χ0) is 12.6. The number of aromatic nitrogens is 3. The molecule has 0 unspecified atom stereocenters. The van der Waals surface area contributed by atoms with Gasteiger partial charge in [0, 0.05) is 0 Å². The van der Waals surface area contributed by atoms with E-state index in [9.17, 15) is 8.42 Å². The summed E-state index contributed by atoms with van der Waals surface area (Å²) in [5.41, 5.74) is -0.213. The van der Waals surface area contributed by atoms with Crippen molar-refractivity contribution < 1.29 is 8.42 Å². The van der Waals surface area contributed by atoms with Crippen molar-refractivity contribution in [1.29, 1.82) is 0 Å². The lowest BCUT2D eigenvalue weighted by atomic mass is 10.1. The Kier molecular flexibility index (Phi) is 3.39. The van der Waals surface area contributed by atoms with Gasteiger partial charge < -0.3 is 0 Å². The average Bonchev–Trinajstić information content (AvgIpc) is 2.41. The molecule has 1 aromatic rings. The van der Waals surface area contributed by atoms with Crippen molar-refractivity contribution in [2.45, 2.75) is 39.8 Å². The third kappa shape index (κ3) is 3.57. The van der Waals surface area contributed by atoms with Crippen LogP contribution in [0.2, 0.25) is 0 Å². The SMILES string of the molecule is Cc1nc(CNS(C)(=O)=O)n(C(C)(C)C)n1. The normalized spacial score (nSPS) is 13.1. The largest absolute Gasteiger partial charge is 0.243 e. The van der Waals surface area contributed by atoms with E-state index < -0.39 is 10.0 Å². The minimum atomic E-state index is -3.21. The van der Waals surface area contributed by atoms with Gasteiger partial charge in [0.15, 0.2) is 0 Å². The third-order valence-corrected chi connectivity index (χ3v) is 2.58. The van der Waals surface area contributed by atoms with Gasteiger partial charge in [0.1, 0.15) is 11.6 Å². The van der Waals surface area contributed by atoms with Crippen molar-refractivity contribution in [2.75, 3.05) is 6.26 Å². The molecule has 0 amide bonds. The van der Waals surface area contributed by atoms with Crippen LogP contribution >= 0.6 is 0 Å². The monoisotopic (exact) mass is 246 g/mol. The first-order valence-electron chi connectivity index (χ1n) is 4.97. The minimum absolute atomic E-state index is 0.164. The molecule has 0 radical (unpaired) electrons. The van der Waals surface area contributed by atoms with E-state index in [-0.39, 0.29) is 12.1 Å². The highest BCUT2D eigenvalue weighted by atomic mass is 32.2. The Morgan fingerprint density at radius 3 is 2.38 bits per heavy atom. The summed E-state index contributed by atoms with van der Waals surface area (Å²) in [6, 6.07) is 0. The Hall–Kier alpha value is -0.950. The molecule has 0 aliphatic rings. The fraction of sp³-hybridized carbons (Fsp3) is 0.778. The van der Waals surface area contributed by atoms with Crippen LogP contribution < -0.4 is 4.72 Å². The highest BCUT2D eigenvalue weighted by Gasteiger charge is 2.20. The lowest BCUT2D eigenvalue weighted by Crippen LogP contribution is -2.29. The molecule has 1 N–H and O–H groups in total. The molecule has 1 rings (SSSR count). The molecule has 0 aliphatic carbocycles. The van der Waals surface area contributed by atoms with Gasteiger partial charge >= 0.3 is 0 Å². The maximum atomic E-state index is 11.0. The van der Waals surface area contributed by atoms with Crippen LogP contribution in [0.1, 0.15) is 32.4 Å². The first-order valence-corrected chi connectivity index (χ1v) is 6.86. The molecule has 1 aromatic heterocycles. The van der Waals surface area contributed by atoms with Gasteiger partial charge in [0.05, 0.1) is 18.3 Å². The van der Waals surface area contributed by atoms with E-state index in [1.807, 2.05) is 20.8 Å². The highest BCUT2D eigenvalue weighted by molar-refractivity contribution is 7.88. The van der Waals surface area contributed by atoms with Gasteiger partial charge in [-0.3, -0.25) is 0 Å². The maximum Gasteiger partial charge on any atom is 0.209 e. The molecule has 0 saturated carbocycles. The molecule has 0 fully saturated rings. The van der Waals surface area contributed by atoms with Crippen molar-refractivity contribution in [2.24, 2.45) is 0 Å². The smallest absolute Gasteiger partial charge is 0.209 e. The van der Waals surface area contributed by atoms with Crippen LogP contribution in [0.3, 0.4) is 0 Å². The quantitative estimate of drug-likeness (QED) is 0.837. The molecule has 1 heterocycles. The molecule has 0 aliphatic heterocycles. The Labute approximate surface area is 96.1 Å². The lowest BCUT2D eigenvalue weighted by Gasteiger charge is -2.21. The number of hydrogen-bond acceptors (Lipinski definition) is 4. The standard InChI is InChI=1S/C9H18N4O2S/c1-7-11-8(6-10-16(5,14)15)13(12-7)9(2,3)4/h10H,6H2,1-5H3. The van der Waals surface area contributed by atoms with Crippen LogP contribution in [0, 0.1) is 6.92 Å². The number of aryl methyl sites for hydroxylation is 1. The van der Waals surface area contributed by atoms with E-state index >= 15 is 0 Å². The molecule has 0 saturated heterocycles. The molecule has 0 aromatic carbocycles. The van der Waals surface area contributed by atoms with Crippen LogP contribution in [0.15, 0.2) is 0 Å². The second kappa shape index (κ2) is 4.14. The van der Waals surface area contributed by atoms with Crippen molar-refractivity contribution in [3.05, 3.63) is 11.6 Å². The molecule has 0 spiro atoms. The second-order valence-corrected chi connectivity index (χ2v) is 6.58. The van der Waals surface area contributed by atoms with Gasteiger partial charge in [-0.15, -0.1) is 0 Å². The fourth-order valence-corrected chi connectivity index (χ4v) is 1.70. The number of rotatable bonds is 3. The van der Waals surface area contributed by atoms with E-state index in [1.165, 1.54) is 0 Å². The van der Waals surface area contributed by atoms with Crippen molar-refractivity contribution in [1.82, 2.24) is 19.5 Å². The van der Waals surface area contributed by atoms with Crippen LogP contribution in [0.5, 0.6) is 0 Å². The van der Waals surface area contributed by atoms with Gasteiger partial charge in [0.25, 0.3) is 0 Å². The molecular formula is C9H18N4O2S. The predicted octanol–water partition coefficient (Wildman–Crippen LogP) is 0.391. The zero-order valence-electron chi connectivity index (χ0n) is 10.3. The predicted molar refractivity (Wildman–Crippen MR) is 61.4 cm³/mol. The van der Waals surface area contributed by atoms with Crippen LogP contribution in [0.25, 0.3) is 0 Å². The van der Waals surface area contributed by atoms with E-state index in [4.69, 9.17) is 0 Å². The van der Waals surface area contributed by atoms with Crippen molar-refractivity contribution >= 4 is 10.0 Å². The Balaban J connectivity index is 2.96. The summed E-state index contributed by atoms with van der Waals surface area (Å²) >= 11 is 0. The summed E-state index contributed by atoms with van der Waals surface area (Å²) in [6.07, 6.45) is 1.12. The van der Waals surface area contributed by atoms with E-state index in [2.05, 4.69) is 14.8 Å². The Bertz CT molecular complexity index is 470. The van der Waals surface area contributed by atoms with Crippen LogP contribution in [-0.4, -0.2) is 29.4 Å². The first-order chi connectivity index (χ1) is 7.09. The molecule has 0 bridgehead atoms.